The molecule has 1 aliphatic carbocycles. The molecular formula is C31H31ClF2N6O3. The van der Waals surface area contributed by atoms with E-state index < -0.39 is 28.8 Å². The number of ether oxygens (including phenoxy) is 1. The Morgan fingerprint density at radius 1 is 1.16 bits per heavy atom. The standard InChI is InChI=1S/C31H31ClF2N6O3/c1-16(41)39-31(2,3)30-35-11-10-21(38-30)27-25(34)28-18(14-36-27)6-4-5-7-20-13-23(24(32)29(42)40(20)28)43-22-9-8-17-12-19(33)15-37-26(17)22/h10-13,15,18,22H,4-9,14H2,1-3H3,(H,39,41)/t18-,22?/m0/s1. The largest absolute Gasteiger partial charge is 0.482 e. The molecule has 9 nitrogen and oxygen atoms in total. The van der Waals surface area contributed by atoms with Crippen LogP contribution in [0.1, 0.15) is 81.0 Å². The predicted octanol–water partition coefficient (Wildman–Crippen LogP) is 5.25. The molecule has 224 valence electrons. The smallest absolute Gasteiger partial charge is 0.277 e. The first kappa shape index (κ1) is 29.1. The van der Waals surface area contributed by atoms with Crippen LogP contribution in [-0.4, -0.2) is 37.7 Å². The summed E-state index contributed by atoms with van der Waals surface area (Å²) in [4.78, 5) is 43.2. The van der Waals surface area contributed by atoms with Crippen LogP contribution in [0.3, 0.4) is 0 Å². The molecule has 0 aromatic carbocycles. The number of aryl methyl sites for hydroxylation is 2. The van der Waals surface area contributed by atoms with Gasteiger partial charge in [-0.25, -0.2) is 18.7 Å². The fourth-order valence-corrected chi connectivity index (χ4v) is 6.35. The van der Waals surface area contributed by atoms with E-state index in [4.69, 9.17) is 16.3 Å². The highest BCUT2D eigenvalue weighted by Crippen LogP contribution is 2.39. The van der Waals surface area contributed by atoms with Crippen molar-refractivity contribution < 1.29 is 18.3 Å². The number of amides is 1. The Morgan fingerprint density at radius 2 is 1.98 bits per heavy atom. The number of hydrogen-bond acceptors (Lipinski definition) is 7. The molecule has 43 heavy (non-hydrogen) atoms. The average molecular weight is 609 g/mol. The lowest BCUT2D eigenvalue weighted by Gasteiger charge is -2.30. The zero-order valence-corrected chi connectivity index (χ0v) is 24.8. The number of fused-ring (bicyclic) bond motifs is 4. The van der Waals surface area contributed by atoms with Gasteiger partial charge in [-0.1, -0.05) is 18.0 Å². The summed E-state index contributed by atoms with van der Waals surface area (Å²) in [6, 6.07) is 4.71. The maximum Gasteiger partial charge on any atom is 0.277 e. The Balaban J connectivity index is 1.41. The van der Waals surface area contributed by atoms with Gasteiger partial charge in [-0.3, -0.25) is 24.1 Å². The van der Waals surface area contributed by atoms with Crippen LogP contribution in [-0.2, 0) is 23.2 Å². The van der Waals surface area contributed by atoms with Crippen molar-refractivity contribution in [2.45, 2.75) is 70.9 Å². The Morgan fingerprint density at radius 3 is 2.77 bits per heavy atom. The van der Waals surface area contributed by atoms with Gasteiger partial charge in [-0.2, -0.15) is 0 Å². The van der Waals surface area contributed by atoms with Crippen molar-refractivity contribution in [2.24, 2.45) is 10.9 Å². The minimum absolute atomic E-state index is 0.0178. The van der Waals surface area contributed by atoms with Gasteiger partial charge >= 0.3 is 0 Å². The number of aromatic nitrogens is 4. The lowest BCUT2D eigenvalue weighted by atomic mass is 9.90. The fourth-order valence-electron chi connectivity index (χ4n) is 6.16. The van der Waals surface area contributed by atoms with E-state index in [0.717, 1.165) is 24.6 Å². The summed E-state index contributed by atoms with van der Waals surface area (Å²) in [6.07, 6.45) is 6.14. The normalized spacial score (nSPS) is 19.9. The van der Waals surface area contributed by atoms with Crippen LogP contribution in [0.4, 0.5) is 8.78 Å². The molecule has 0 radical (unpaired) electrons. The average Bonchev–Trinajstić information content (AvgIpc) is 3.34. The summed E-state index contributed by atoms with van der Waals surface area (Å²) in [5, 5.41) is 2.64. The van der Waals surface area contributed by atoms with E-state index in [1.807, 2.05) is 0 Å². The Hall–Kier alpha value is -3.99. The molecule has 2 atom stereocenters. The van der Waals surface area contributed by atoms with Crippen LogP contribution in [0, 0.1) is 11.7 Å². The highest BCUT2D eigenvalue weighted by atomic mass is 35.5. The quantitative estimate of drug-likeness (QED) is 0.424. The SMILES string of the molecule is CC(=O)NC(C)(C)c1nccc(C2=NC[C@@H]3CCCCc4cc(OC5CCc6cc(F)cnc65)c(Cl)c(=O)n4C3=C2F)n1. The lowest BCUT2D eigenvalue weighted by Crippen LogP contribution is -2.41. The number of hydrogen-bond donors (Lipinski definition) is 1. The van der Waals surface area contributed by atoms with Crippen LogP contribution < -0.4 is 15.6 Å². The number of halogens is 3. The number of carbonyl (C=O) groups excluding carboxylic acids is 1. The molecule has 3 aliphatic rings. The Bertz CT molecular complexity index is 1750. The van der Waals surface area contributed by atoms with Gasteiger partial charge in [-0.05, 0) is 63.6 Å². The molecule has 5 heterocycles. The van der Waals surface area contributed by atoms with Gasteiger partial charge in [-0.15, -0.1) is 0 Å². The maximum absolute atomic E-state index is 16.6. The fraction of sp³-hybridized carbons (Fsp3) is 0.419. The lowest BCUT2D eigenvalue weighted by molar-refractivity contribution is -0.120. The summed E-state index contributed by atoms with van der Waals surface area (Å²) < 4.78 is 37.8. The summed E-state index contributed by atoms with van der Waals surface area (Å²) in [5.41, 5.74) is 0.971. The van der Waals surface area contributed by atoms with Gasteiger partial charge in [0.15, 0.2) is 11.7 Å². The third-order valence-corrected chi connectivity index (χ3v) is 8.47. The number of pyridine rings is 2. The Labute approximate surface area is 252 Å². The van der Waals surface area contributed by atoms with Crippen LogP contribution >= 0.6 is 11.6 Å². The highest BCUT2D eigenvalue weighted by molar-refractivity contribution is 6.32. The molecule has 0 spiro atoms. The first-order valence-corrected chi connectivity index (χ1v) is 14.7. The van der Waals surface area contributed by atoms with Gasteiger partial charge in [0.1, 0.15) is 28.4 Å². The van der Waals surface area contributed by atoms with Crippen molar-refractivity contribution in [1.29, 1.82) is 0 Å². The molecular weight excluding hydrogens is 578 g/mol. The molecule has 3 aromatic heterocycles. The number of carbonyl (C=O) groups is 1. The second kappa shape index (κ2) is 11.3. The zero-order chi connectivity index (χ0) is 30.5. The van der Waals surface area contributed by atoms with Gasteiger partial charge in [0.2, 0.25) is 5.91 Å². The van der Waals surface area contributed by atoms with E-state index in [1.54, 1.807) is 26.0 Å². The molecule has 2 aliphatic heterocycles. The molecule has 6 rings (SSSR count). The number of nitrogens with zero attached hydrogens (tertiary/aromatic N) is 5. The van der Waals surface area contributed by atoms with Gasteiger partial charge in [0.05, 0.1) is 28.8 Å². The van der Waals surface area contributed by atoms with Gasteiger partial charge in [0, 0.05) is 37.3 Å². The van der Waals surface area contributed by atoms with E-state index in [0.29, 0.717) is 42.9 Å². The van der Waals surface area contributed by atoms with Crippen LogP contribution in [0.2, 0.25) is 5.02 Å². The van der Waals surface area contributed by atoms with Crippen molar-refractivity contribution in [2.75, 3.05) is 6.54 Å². The second-order valence-electron chi connectivity index (χ2n) is 11.7. The molecule has 12 heteroatoms. The highest BCUT2D eigenvalue weighted by Gasteiger charge is 2.35. The summed E-state index contributed by atoms with van der Waals surface area (Å²) in [5.74, 6) is -1.14. The van der Waals surface area contributed by atoms with E-state index in [9.17, 15) is 14.0 Å². The number of rotatable bonds is 5. The molecule has 0 saturated carbocycles. The monoisotopic (exact) mass is 608 g/mol. The first-order valence-electron chi connectivity index (χ1n) is 14.4. The molecule has 3 aromatic rings. The number of nitrogens with one attached hydrogen (secondary N) is 1. The molecule has 1 N–H and O–H groups in total. The third-order valence-electron chi connectivity index (χ3n) is 8.12. The van der Waals surface area contributed by atoms with E-state index in [-0.39, 0.29) is 46.2 Å². The summed E-state index contributed by atoms with van der Waals surface area (Å²) >= 11 is 6.63. The third kappa shape index (κ3) is 5.46. The first-order chi connectivity index (χ1) is 20.5. The maximum atomic E-state index is 16.6. The summed E-state index contributed by atoms with van der Waals surface area (Å²) in [6.45, 7) is 5.18. The molecule has 0 fully saturated rings. The van der Waals surface area contributed by atoms with E-state index >= 15 is 4.39 Å². The topological polar surface area (TPSA) is 111 Å². The molecule has 1 unspecified atom stereocenters. The van der Waals surface area contributed by atoms with Gasteiger partial charge < -0.3 is 10.1 Å². The predicted molar refractivity (Wildman–Crippen MR) is 157 cm³/mol. The molecule has 0 saturated heterocycles. The van der Waals surface area contributed by atoms with Crippen molar-refractivity contribution in [3.63, 3.8) is 0 Å². The Kier molecular flexibility index (Phi) is 7.62. The van der Waals surface area contributed by atoms with Crippen LogP contribution in [0.5, 0.6) is 5.75 Å². The van der Waals surface area contributed by atoms with Crippen molar-refractivity contribution in [3.8, 4) is 5.75 Å². The van der Waals surface area contributed by atoms with Crippen molar-refractivity contribution >= 4 is 28.9 Å². The second-order valence-corrected chi connectivity index (χ2v) is 12.1. The van der Waals surface area contributed by atoms with Crippen molar-refractivity contribution in [3.05, 3.63) is 86.1 Å². The van der Waals surface area contributed by atoms with E-state index in [1.165, 1.54) is 23.8 Å². The minimum atomic E-state index is -0.902. The van der Waals surface area contributed by atoms with Crippen LogP contribution in [0.25, 0.3) is 5.70 Å². The molecule has 1 amide bonds. The molecule has 0 bridgehead atoms. The van der Waals surface area contributed by atoms with Crippen LogP contribution in [0.15, 0.2) is 46.2 Å². The summed E-state index contributed by atoms with van der Waals surface area (Å²) in [7, 11) is 0. The van der Waals surface area contributed by atoms with E-state index in [2.05, 4.69) is 25.3 Å². The zero-order valence-electron chi connectivity index (χ0n) is 24.1. The number of dihydropyridines is 1. The van der Waals surface area contributed by atoms with Crippen molar-refractivity contribution in [1.82, 2.24) is 24.8 Å². The minimum Gasteiger partial charge on any atom is -0.482 e. The number of aliphatic imine (C=N–C) groups is 1. The number of allylic oxidation sites excluding steroid dienone is 1. The van der Waals surface area contributed by atoms with Gasteiger partial charge in [0.25, 0.3) is 5.56 Å².